The quantitative estimate of drug-likeness (QED) is 0.551. The smallest absolute Gasteiger partial charge is 0.120 e. The van der Waals surface area contributed by atoms with Crippen molar-refractivity contribution >= 4 is 73.3 Å². The van der Waals surface area contributed by atoms with Gasteiger partial charge in [0.05, 0.1) is 11.7 Å². The molecule has 0 saturated carbocycles. The first-order valence-corrected chi connectivity index (χ1v) is 5.73. The van der Waals surface area contributed by atoms with E-state index in [-0.39, 0.29) is 0 Å². The summed E-state index contributed by atoms with van der Waals surface area (Å²) in [7, 11) is 0. The minimum absolute atomic E-state index is 0.692. The van der Waals surface area contributed by atoms with Gasteiger partial charge in [-0.1, -0.05) is 0 Å². The molecule has 0 amide bonds. The van der Waals surface area contributed by atoms with Crippen molar-refractivity contribution in [1.29, 1.82) is 0 Å². The maximum atomic E-state index is 4.29. The molecule has 1 heterocycles. The summed E-state index contributed by atoms with van der Waals surface area (Å²) >= 11 is 18.3. The zero-order valence-electron chi connectivity index (χ0n) is 6.09. The van der Waals surface area contributed by atoms with Crippen LogP contribution in [0.1, 0.15) is 0 Å². The van der Waals surface area contributed by atoms with Crippen LogP contribution in [0, 0.1) is 0 Å². The summed E-state index contributed by atoms with van der Waals surface area (Å²) in [5.74, 6) is 0. The lowest BCUT2D eigenvalue weighted by Crippen LogP contribution is -1.83. The number of aromatic nitrogens is 2. The Morgan fingerprint density at radius 2 is 1.08 bits per heavy atom. The average Bonchev–Trinajstić information content (AvgIpc) is 2.59. The highest BCUT2D eigenvalue weighted by Crippen LogP contribution is 2.37. The Morgan fingerprint density at radius 3 is 1.46 bits per heavy atom. The maximum absolute atomic E-state index is 4.29. The van der Waals surface area contributed by atoms with Crippen LogP contribution in [0.4, 0.5) is 0 Å². The molecule has 0 N–H and O–H groups in total. The van der Waals surface area contributed by atoms with Crippen LogP contribution in [0.2, 0.25) is 0 Å². The molecule has 2 nitrogen and oxygen atoms in total. The Kier molecular flexibility index (Phi) is 2.72. The van der Waals surface area contributed by atoms with Crippen LogP contribution < -0.4 is 0 Å². The van der Waals surface area contributed by atoms with Crippen molar-refractivity contribution in [3.8, 4) is 0 Å². The van der Waals surface area contributed by atoms with Crippen LogP contribution in [0.15, 0.2) is 19.6 Å². The fourth-order valence-corrected chi connectivity index (χ4v) is 2.79. The van der Waals surface area contributed by atoms with E-state index in [2.05, 4.69) is 59.3 Å². The van der Waals surface area contributed by atoms with Crippen molar-refractivity contribution in [2.24, 2.45) is 0 Å². The molecular formula is C6H4N2S5. The van der Waals surface area contributed by atoms with Gasteiger partial charge in [0.1, 0.15) is 11.0 Å². The molecule has 0 unspecified atom stereocenters. The van der Waals surface area contributed by atoms with E-state index in [0.717, 1.165) is 22.8 Å². The largest absolute Gasteiger partial charge is 0.172 e. The third-order valence-electron chi connectivity index (χ3n) is 1.61. The van der Waals surface area contributed by atoms with Gasteiger partial charge in [-0.2, -0.15) is 8.75 Å². The highest BCUT2D eigenvalue weighted by molar-refractivity contribution is 7.86. The lowest BCUT2D eigenvalue weighted by molar-refractivity contribution is 1.08. The summed E-state index contributed by atoms with van der Waals surface area (Å²) in [6.45, 7) is 0. The van der Waals surface area contributed by atoms with Crippen molar-refractivity contribution in [2.45, 2.75) is 19.6 Å². The normalized spacial score (nSPS) is 11.1. The van der Waals surface area contributed by atoms with Gasteiger partial charge in [-0.25, -0.2) is 0 Å². The van der Waals surface area contributed by atoms with Crippen molar-refractivity contribution in [2.75, 3.05) is 0 Å². The number of thiol groups is 4. The van der Waals surface area contributed by atoms with Crippen LogP contribution >= 0.6 is 62.2 Å². The highest BCUT2D eigenvalue weighted by atomic mass is 32.1. The molecule has 0 aliphatic heterocycles. The summed E-state index contributed by atoms with van der Waals surface area (Å²) in [4.78, 5) is 2.79. The summed E-state index contributed by atoms with van der Waals surface area (Å²) in [6, 6.07) is 0. The van der Waals surface area contributed by atoms with Crippen molar-refractivity contribution < 1.29 is 0 Å². The van der Waals surface area contributed by atoms with Gasteiger partial charge in [0, 0.05) is 19.6 Å². The van der Waals surface area contributed by atoms with Crippen LogP contribution in [0.3, 0.4) is 0 Å². The van der Waals surface area contributed by atoms with Crippen molar-refractivity contribution in [3.05, 3.63) is 0 Å². The van der Waals surface area contributed by atoms with Gasteiger partial charge in [-0.3, -0.25) is 0 Å². The maximum Gasteiger partial charge on any atom is 0.120 e. The number of nitrogens with zero attached hydrogens (tertiary/aromatic N) is 2. The fourth-order valence-electron chi connectivity index (χ4n) is 0.948. The molecule has 0 aliphatic carbocycles. The van der Waals surface area contributed by atoms with Crippen molar-refractivity contribution in [1.82, 2.24) is 8.75 Å². The van der Waals surface area contributed by atoms with E-state index >= 15 is 0 Å². The highest BCUT2D eigenvalue weighted by Gasteiger charge is 2.14. The van der Waals surface area contributed by atoms with E-state index in [0.29, 0.717) is 19.6 Å². The molecule has 13 heavy (non-hydrogen) atoms. The Morgan fingerprint density at radius 1 is 0.692 bits per heavy atom. The predicted molar refractivity (Wildman–Crippen MR) is 66.4 cm³/mol. The number of hydrogen-bond acceptors (Lipinski definition) is 7. The molecule has 0 fully saturated rings. The molecule has 0 atom stereocenters. The zero-order valence-corrected chi connectivity index (χ0v) is 10.5. The lowest BCUT2D eigenvalue weighted by Gasteiger charge is -2.05. The molecular weight excluding hydrogens is 260 g/mol. The molecule has 0 spiro atoms. The first kappa shape index (κ1) is 9.97. The molecule has 0 radical (unpaired) electrons. The van der Waals surface area contributed by atoms with E-state index in [1.807, 2.05) is 0 Å². The average molecular weight is 264 g/mol. The Hall–Kier alpha value is 0.440. The standard InChI is InChI=1S/C6H4N2S5/c9-3-1-2(8-13-7-1)4(10)6(12)5(3)11/h9-12H. The van der Waals surface area contributed by atoms with Gasteiger partial charge in [-0.05, 0) is 0 Å². The third-order valence-corrected chi connectivity index (χ3v) is 4.43. The third kappa shape index (κ3) is 1.46. The van der Waals surface area contributed by atoms with Gasteiger partial charge < -0.3 is 0 Å². The molecule has 2 aromatic rings. The second-order valence-corrected chi connectivity index (χ2v) is 4.67. The van der Waals surface area contributed by atoms with Gasteiger partial charge in [-0.15, -0.1) is 50.5 Å². The van der Waals surface area contributed by atoms with E-state index < -0.39 is 0 Å². The van der Waals surface area contributed by atoms with Crippen LogP contribution in [0.5, 0.6) is 0 Å². The Bertz CT molecular complexity index is 435. The lowest BCUT2D eigenvalue weighted by atomic mass is 10.3. The summed E-state index contributed by atoms with van der Waals surface area (Å²) < 4.78 is 8.21. The molecule has 1 aromatic carbocycles. The second-order valence-electron chi connectivity index (χ2n) is 2.36. The first-order valence-electron chi connectivity index (χ1n) is 3.21. The fraction of sp³-hybridized carbons (Fsp3) is 0. The van der Waals surface area contributed by atoms with E-state index in [1.54, 1.807) is 0 Å². The van der Waals surface area contributed by atoms with Crippen LogP contribution in [-0.4, -0.2) is 8.75 Å². The predicted octanol–water partition coefficient (Wildman–Crippen LogP) is 2.85. The van der Waals surface area contributed by atoms with E-state index in [1.165, 1.54) is 0 Å². The number of hydrogen-bond donors (Lipinski definition) is 4. The second kappa shape index (κ2) is 3.54. The topological polar surface area (TPSA) is 25.8 Å². The first-order chi connectivity index (χ1) is 6.13. The van der Waals surface area contributed by atoms with Gasteiger partial charge >= 0.3 is 0 Å². The van der Waals surface area contributed by atoms with Gasteiger partial charge in [0.2, 0.25) is 0 Å². The van der Waals surface area contributed by atoms with Crippen LogP contribution in [-0.2, 0) is 0 Å². The number of benzene rings is 1. The van der Waals surface area contributed by atoms with Gasteiger partial charge in [0.15, 0.2) is 0 Å². The monoisotopic (exact) mass is 264 g/mol. The molecule has 1 aromatic heterocycles. The molecule has 0 aliphatic rings. The Labute approximate surface area is 101 Å². The molecule has 0 saturated heterocycles. The Balaban J connectivity index is 3.02. The summed E-state index contributed by atoms with van der Waals surface area (Å²) in [5.41, 5.74) is 1.47. The van der Waals surface area contributed by atoms with E-state index in [4.69, 9.17) is 0 Å². The molecule has 0 bridgehead atoms. The summed E-state index contributed by atoms with van der Waals surface area (Å²) in [5, 5.41) is 0. The van der Waals surface area contributed by atoms with E-state index in [9.17, 15) is 0 Å². The molecule has 68 valence electrons. The minimum Gasteiger partial charge on any atom is -0.172 e. The van der Waals surface area contributed by atoms with Crippen molar-refractivity contribution in [3.63, 3.8) is 0 Å². The number of fused-ring (bicyclic) bond motifs is 1. The van der Waals surface area contributed by atoms with Gasteiger partial charge in [0.25, 0.3) is 0 Å². The summed E-state index contributed by atoms with van der Waals surface area (Å²) in [6.07, 6.45) is 0. The molecule has 2 rings (SSSR count). The number of rotatable bonds is 0. The SMILES string of the molecule is Sc1c(S)c(S)c2nsnc2c1S. The minimum atomic E-state index is 0.692. The molecule has 7 heteroatoms. The van der Waals surface area contributed by atoms with Crippen LogP contribution in [0.25, 0.3) is 11.0 Å². The zero-order chi connectivity index (χ0) is 9.59.